The van der Waals surface area contributed by atoms with Gasteiger partial charge in [-0.1, -0.05) is 0 Å². The molecular weight excluding hydrogens is 354 g/mol. The van der Waals surface area contributed by atoms with E-state index in [1.807, 2.05) is 0 Å². The number of nitrogens with zero attached hydrogens (tertiary/aromatic N) is 1. The minimum Gasteiger partial charge on any atom is -0.403 e. The Labute approximate surface area is 118 Å². The predicted octanol–water partition coefficient (Wildman–Crippen LogP) is 2.39. The summed E-state index contributed by atoms with van der Waals surface area (Å²) in [5.74, 6) is -1.49. The van der Waals surface area contributed by atoms with Gasteiger partial charge in [-0.25, -0.2) is 13.4 Å². The molecule has 0 fully saturated rings. The van der Waals surface area contributed by atoms with E-state index in [2.05, 4.69) is 9.72 Å². The molecule has 0 saturated heterocycles. The molecule has 0 unspecified atom stereocenters. The maximum Gasteiger partial charge on any atom is 0.573 e. The first kappa shape index (κ1) is 17.8. The zero-order valence-electron chi connectivity index (χ0n) is 9.59. The first-order valence-electron chi connectivity index (χ1n) is 4.77. The lowest BCUT2D eigenvalue weighted by molar-refractivity contribution is -0.275. The van der Waals surface area contributed by atoms with E-state index >= 15 is 0 Å². The second-order valence-corrected chi connectivity index (χ2v) is 5.97. The van der Waals surface area contributed by atoms with Crippen LogP contribution in [0.25, 0.3) is 0 Å². The standard InChI is InChI=1S/C8H5ClF6N2O3S/c9-21(18,19)5-3(1-16)6(7(10,11)12)17-2-4(5)20-8(13,14)15/h2H,1,16H2. The quantitative estimate of drug-likeness (QED) is 0.662. The lowest BCUT2D eigenvalue weighted by atomic mass is 10.2. The Morgan fingerprint density at radius 2 is 1.76 bits per heavy atom. The van der Waals surface area contributed by atoms with Crippen LogP contribution in [0.15, 0.2) is 11.1 Å². The van der Waals surface area contributed by atoms with E-state index in [0.29, 0.717) is 0 Å². The Balaban J connectivity index is 3.72. The summed E-state index contributed by atoms with van der Waals surface area (Å²) in [5.41, 5.74) is 1.99. The minimum absolute atomic E-state index is 0.0370. The summed E-state index contributed by atoms with van der Waals surface area (Å²) < 4.78 is 100. The number of hydrogen-bond donors (Lipinski definition) is 1. The van der Waals surface area contributed by atoms with Gasteiger partial charge < -0.3 is 10.5 Å². The van der Waals surface area contributed by atoms with Crippen molar-refractivity contribution in [2.24, 2.45) is 5.73 Å². The maximum absolute atomic E-state index is 12.7. The van der Waals surface area contributed by atoms with E-state index in [-0.39, 0.29) is 6.20 Å². The Kier molecular flexibility index (Phi) is 4.65. The Morgan fingerprint density at radius 1 is 1.24 bits per heavy atom. The van der Waals surface area contributed by atoms with Crippen molar-refractivity contribution in [1.82, 2.24) is 4.98 Å². The number of rotatable bonds is 3. The highest BCUT2D eigenvalue weighted by Gasteiger charge is 2.41. The van der Waals surface area contributed by atoms with Gasteiger partial charge in [0.2, 0.25) is 0 Å². The molecule has 120 valence electrons. The summed E-state index contributed by atoms with van der Waals surface area (Å²) in [6.45, 7) is -1.07. The average molecular weight is 359 g/mol. The van der Waals surface area contributed by atoms with Crippen LogP contribution in [0.4, 0.5) is 26.3 Å². The zero-order chi connectivity index (χ0) is 16.6. The molecule has 1 aromatic rings. The van der Waals surface area contributed by atoms with Crippen LogP contribution in [0.5, 0.6) is 5.75 Å². The number of alkyl halides is 6. The van der Waals surface area contributed by atoms with Gasteiger partial charge in [-0.2, -0.15) is 13.2 Å². The Bertz CT molecular complexity index is 643. The molecule has 1 aromatic heterocycles. The van der Waals surface area contributed by atoms with Crippen LogP contribution in [0.3, 0.4) is 0 Å². The third-order valence-corrected chi connectivity index (χ3v) is 3.43. The van der Waals surface area contributed by atoms with Crippen LogP contribution < -0.4 is 10.5 Å². The van der Waals surface area contributed by atoms with Gasteiger partial charge in [0, 0.05) is 22.8 Å². The summed E-state index contributed by atoms with van der Waals surface area (Å²) in [5, 5.41) is 0. The third kappa shape index (κ3) is 4.35. The highest BCUT2D eigenvalue weighted by Crippen LogP contribution is 2.39. The SMILES string of the molecule is NCc1c(C(F)(F)F)ncc(OC(F)(F)F)c1S(=O)(=O)Cl. The second-order valence-electron chi connectivity index (χ2n) is 3.47. The molecule has 0 aliphatic rings. The molecule has 0 radical (unpaired) electrons. The number of hydrogen-bond acceptors (Lipinski definition) is 5. The van der Waals surface area contributed by atoms with Gasteiger partial charge in [-0.05, 0) is 0 Å². The summed E-state index contributed by atoms with van der Waals surface area (Å²) in [6.07, 6.45) is -10.5. The second kappa shape index (κ2) is 5.50. The summed E-state index contributed by atoms with van der Waals surface area (Å²) in [4.78, 5) is 1.20. The van der Waals surface area contributed by atoms with E-state index in [4.69, 9.17) is 16.4 Å². The molecule has 0 amide bonds. The van der Waals surface area contributed by atoms with Crippen molar-refractivity contribution in [2.75, 3.05) is 0 Å². The van der Waals surface area contributed by atoms with Crippen molar-refractivity contribution in [1.29, 1.82) is 0 Å². The van der Waals surface area contributed by atoms with E-state index in [0.717, 1.165) is 0 Å². The molecule has 21 heavy (non-hydrogen) atoms. The summed E-state index contributed by atoms with van der Waals surface area (Å²) in [6, 6.07) is 0. The van der Waals surface area contributed by atoms with Crippen molar-refractivity contribution in [3.8, 4) is 5.75 Å². The van der Waals surface area contributed by atoms with Gasteiger partial charge in [0.1, 0.15) is 4.90 Å². The van der Waals surface area contributed by atoms with Gasteiger partial charge in [0.15, 0.2) is 11.4 Å². The molecule has 0 saturated carbocycles. The maximum atomic E-state index is 12.7. The summed E-state index contributed by atoms with van der Waals surface area (Å²) in [7, 11) is -0.131. The molecule has 1 heterocycles. The monoisotopic (exact) mass is 358 g/mol. The number of halogens is 7. The predicted molar refractivity (Wildman–Crippen MR) is 56.9 cm³/mol. The third-order valence-electron chi connectivity index (χ3n) is 2.04. The van der Waals surface area contributed by atoms with Gasteiger partial charge >= 0.3 is 12.5 Å². The van der Waals surface area contributed by atoms with Crippen molar-refractivity contribution >= 4 is 19.7 Å². The molecule has 0 aromatic carbocycles. The average Bonchev–Trinajstić information content (AvgIpc) is 2.22. The molecule has 0 aliphatic heterocycles. The smallest absolute Gasteiger partial charge is 0.403 e. The van der Waals surface area contributed by atoms with Crippen molar-refractivity contribution < 1.29 is 39.5 Å². The number of aromatic nitrogens is 1. The van der Waals surface area contributed by atoms with Crippen LogP contribution in [0.2, 0.25) is 0 Å². The van der Waals surface area contributed by atoms with E-state index in [9.17, 15) is 34.8 Å². The molecule has 0 bridgehead atoms. The number of ether oxygens (including phenoxy) is 1. The van der Waals surface area contributed by atoms with Gasteiger partial charge in [-0.3, -0.25) is 0 Å². The van der Waals surface area contributed by atoms with Crippen LogP contribution in [-0.2, 0) is 21.8 Å². The molecule has 13 heteroatoms. The van der Waals surface area contributed by atoms with E-state index < -0.39 is 50.0 Å². The van der Waals surface area contributed by atoms with E-state index in [1.165, 1.54) is 0 Å². The van der Waals surface area contributed by atoms with Crippen molar-refractivity contribution in [2.45, 2.75) is 24.0 Å². The molecule has 0 atom stereocenters. The molecule has 0 spiro atoms. The first-order chi connectivity index (χ1) is 9.27. The van der Waals surface area contributed by atoms with Crippen LogP contribution in [0.1, 0.15) is 11.3 Å². The molecule has 5 nitrogen and oxygen atoms in total. The lowest BCUT2D eigenvalue weighted by Crippen LogP contribution is -2.22. The fourth-order valence-corrected chi connectivity index (χ4v) is 2.73. The highest BCUT2D eigenvalue weighted by molar-refractivity contribution is 8.13. The fraction of sp³-hybridized carbons (Fsp3) is 0.375. The van der Waals surface area contributed by atoms with Crippen LogP contribution >= 0.6 is 10.7 Å². The normalized spacial score (nSPS) is 13.3. The van der Waals surface area contributed by atoms with Crippen LogP contribution in [0, 0.1) is 0 Å². The number of pyridine rings is 1. The highest BCUT2D eigenvalue weighted by atomic mass is 35.7. The Hall–Kier alpha value is -1.27. The van der Waals surface area contributed by atoms with Crippen LogP contribution in [-0.4, -0.2) is 19.8 Å². The molecule has 2 N–H and O–H groups in total. The molecular formula is C8H5ClF6N2O3S. The van der Waals surface area contributed by atoms with Crippen molar-refractivity contribution in [3.05, 3.63) is 17.5 Å². The van der Waals surface area contributed by atoms with E-state index in [1.54, 1.807) is 0 Å². The minimum atomic E-state index is -5.36. The zero-order valence-corrected chi connectivity index (χ0v) is 11.2. The molecule has 0 aliphatic carbocycles. The van der Waals surface area contributed by atoms with Gasteiger partial charge in [0.25, 0.3) is 9.05 Å². The largest absolute Gasteiger partial charge is 0.573 e. The first-order valence-corrected chi connectivity index (χ1v) is 7.08. The summed E-state index contributed by atoms with van der Waals surface area (Å²) >= 11 is 0. The van der Waals surface area contributed by atoms with Gasteiger partial charge in [0.05, 0.1) is 6.20 Å². The topological polar surface area (TPSA) is 82.3 Å². The van der Waals surface area contributed by atoms with Crippen molar-refractivity contribution in [3.63, 3.8) is 0 Å². The lowest BCUT2D eigenvalue weighted by Gasteiger charge is -2.17. The Morgan fingerprint density at radius 3 is 2.10 bits per heavy atom. The fourth-order valence-electron chi connectivity index (χ4n) is 1.41. The molecule has 1 rings (SSSR count). The van der Waals surface area contributed by atoms with Gasteiger partial charge in [-0.15, -0.1) is 13.2 Å². The number of nitrogens with two attached hydrogens (primary N) is 1.